The fourth-order valence-electron chi connectivity index (χ4n) is 2.74. The van der Waals surface area contributed by atoms with E-state index < -0.39 is 5.97 Å². The predicted octanol–water partition coefficient (Wildman–Crippen LogP) is 3.42. The summed E-state index contributed by atoms with van der Waals surface area (Å²) in [6, 6.07) is 10.4. The van der Waals surface area contributed by atoms with Gasteiger partial charge < -0.3 is 10.0 Å². The van der Waals surface area contributed by atoms with Gasteiger partial charge in [-0.25, -0.2) is 4.79 Å². The molecule has 1 amide bonds. The molecule has 1 fully saturated rings. The highest BCUT2D eigenvalue weighted by atomic mass is 32.1. The first-order chi connectivity index (χ1) is 10.2. The number of rotatable bonds is 3. The summed E-state index contributed by atoms with van der Waals surface area (Å²) in [5.74, 6) is -1.10. The van der Waals surface area contributed by atoms with E-state index in [9.17, 15) is 9.59 Å². The molecule has 1 aliphatic heterocycles. The third-order valence-electron chi connectivity index (χ3n) is 3.74. The van der Waals surface area contributed by atoms with Crippen molar-refractivity contribution in [3.8, 4) is 0 Å². The number of carboxylic acids is 1. The Hall–Kier alpha value is -2.14. The summed E-state index contributed by atoms with van der Waals surface area (Å²) in [5.41, 5.74) is 0.589. The summed E-state index contributed by atoms with van der Waals surface area (Å²) in [5, 5.41) is 11.1. The molecule has 4 nitrogen and oxygen atoms in total. The zero-order valence-corrected chi connectivity index (χ0v) is 12.2. The first kappa shape index (κ1) is 13.8. The minimum absolute atomic E-state index is 0.0889. The normalized spacial score (nSPS) is 17.9. The molecule has 2 aromatic rings. The maximum atomic E-state index is 12.7. The number of amides is 1. The zero-order valence-electron chi connectivity index (χ0n) is 11.4. The number of nitrogens with zero attached hydrogens (tertiary/aromatic N) is 1. The van der Waals surface area contributed by atoms with Gasteiger partial charge in [0.2, 0.25) is 0 Å². The molecule has 1 unspecified atom stereocenters. The van der Waals surface area contributed by atoms with Crippen molar-refractivity contribution in [2.24, 2.45) is 0 Å². The third-order valence-corrected chi connectivity index (χ3v) is 4.72. The maximum Gasteiger partial charge on any atom is 0.335 e. The highest BCUT2D eigenvalue weighted by Crippen LogP contribution is 2.35. The molecule has 1 saturated heterocycles. The summed E-state index contributed by atoms with van der Waals surface area (Å²) in [6.07, 6.45) is 1.94. The average Bonchev–Trinajstić information content (AvgIpc) is 3.17. The highest BCUT2D eigenvalue weighted by Gasteiger charge is 2.31. The number of likely N-dealkylation sites (tertiary alicyclic amines) is 1. The van der Waals surface area contributed by atoms with Crippen LogP contribution in [0, 0.1) is 0 Å². The molecular weight excluding hydrogens is 286 g/mol. The molecule has 2 heterocycles. The van der Waals surface area contributed by atoms with E-state index in [1.165, 1.54) is 17.0 Å². The maximum absolute atomic E-state index is 12.7. The van der Waals surface area contributed by atoms with Crippen LogP contribution >= 0.6 is 11.3 Å². The smallest absolute Gasteiger partial charge is 0.335 e. The van der Waals surface area contributed by atoms with E-state index in [1.54, 1.807) is 23.5 Å². The van der Waals surface area contributed by atoms with Crippen molar-refractivity contribution in [1.82, 2.24) is 4.90 Å². The molecule has 1 aliphatic rings. The van der Waals surface area contributed by atoms with Crippen LogP contribution < -0.4 is 0 Å². The van der Waals surface area contributed by atoms with Crippen LogP contribution in [0.3, 0.4) is 0 Å². The van der Waals surface area contributed by atoms with Crippen LogP contribution in [0.2, 0.25) is 0 Å². The van der Waals surface area contributed by atoms with Gasteiger partial charge in [-0.15, -0.1) is 11.3 Å². The van der Waals surface area contributed by atoms with Gasteiger partial charge in [-0.05, 0) is 42.5 Å². The molecule has 1 aromatic heterocycles. The SMILES string of the molecule is O=C(O)c1cccc(C(=O)N2CCCC2c2cccs2)c1. The zero-order chi connectivity index (χ0) is 14.8. The summed E-state index contributed by atoms with van der Waals surface area (Å²) < 4.78 is 0. The molecule has 5 heteroatoms. The topological polar surface area (TPSA) is 57.6 Å². The van der Waals surface area contributed by atoms with E-state index in [2.05, 4.69) is 6.07 Å². The van der Waals surface area contributed by atoms with Gasteiger partial charge in [0.1, 0.15) is 0 Å². The van der Waals surface area contributed by atoms with Gasteiger partial charge in [0, 0.05) is 17.0 Å². The fraction of sp³-hybridized carbons (Fsp3) is 0.250. The number of hydrogen-bond acceptors (Lipinski definition) is 3. The molecule has 0 saturated carbocycles. The molecule has 1 N–H and O–H groups in total. The highest BCUT2D eigenvalue weighted by molar-refractivity contribution is 7.10. The number of benzene rings is 1. The molecule has 3 rings (SSSR count). The van der Waals surface area contributed by atoms with Gasteiger partial charge in [0.05, 0.1) is 11.6 Å². The molecular formula is C16H15NO3S. The number of carboxylic acid groups (broad SMARTS) is 1. The van der Waals surface area contributed by atoms with Gasteiger partial charge in [0.25, 0.3) is 5.91 Å². The summed E-state index contributed by atoms with van der Waals surface area (Å²) in [4.78, 5) is 26.7. The number of thiophene rings is 1. The van der Waals surface area contributed by atoms with Crippen LogP contribution in [-0.2, 0) is 0 Å². The number of carbonyl (C=O) groups excluding carboxylic acids is 1. The van der Waals surface area contributed by atoms with E-state index in [1.807, 2.05) is 16.3 Å². The number of hydrogen-bond donors (Lipinski definition) is 1. The van der Waals surface area contributed by atoms with E-state index in [0.717, 1.165) is 19.4 Å². The lowest BCUT2D eigenvalue weighted by Gasteiger charge is -2.24. The molecule has 0 bridgehead atoms. The molecule has 1 aromatic carbocycles. The van der Waals surface area contributed by atoms with Crippen molar-refractivity contribution in [3.05, 3.63) is 57.8 Å². The Morgan fingerprint density at radius 1 is 1.19 bits per heavy atom. The van der Waals surface area contributed by atoms with Crippen LogP contribution in [0.5, 0.6) is 0 Å². The standard InChI is InChI=1S/C16H15NO3S/c18-15(11-4-1-5-12(10-11)16(19)20)17-8-2-6-13(17)14-7-3-9-21-14/h1,3-5,7,9-10,13H,2,6,8H2,(H,19,20). The predicted molar refractivity (Wildman–Crippen MR) is 80.7 cm³/mol. The molecule has 1 atom stereocenters. The van der Waals surface area contributed by atoms with Crippen molar-refractivity contribution in [3.63, 3.8) is 0 Å². The summed E-state index contributed by atoms with van der Waals surface area (Å²) in [7, 11) is 0. The van der Waals surface area contributed by atoms with Crippen molar-refractivity contribution >= 4 is 23.2 Å². The van der Waals surface area contributed by atoms with Gasteiger partial charge in [0.15, 0.2) is 0 Å². The van der Waals surface area contributed by atoms with Crippen molar-refractivity contribution in [2.75, 3.05) is 6.54 Å². The Labute approximate surface area is 126 Å². The number of carbonyl (C=O) groups is 2. The van der Waals surface area contributed by atoms with Crippen LogP contribution in [-0.4, -0.2) is 28.4 Å². The minimum Gasteiger partial charge on any atom is -0.478 e. The van der Waals surface area contributed by atoms with Crippen molar-refractivity contribution in [2.45, 2.75) is 18.9 Å². The van der Waals surface area contributed by atoms with Gasteiger partial charge in [-0.2, -0.15) is 0 Å². The lowest BCUT2D eigenvalue weighted by molar-refractivity contribution is 0.0697. The van der Waals surface area contributed by atoms with Crippen molar-refractivity contribution < 1.29 is 14.7 Å². The molecule has 0 radical (unpaired) electrons. The largest absolute Gasteiger partial charge is 0.478 e. The average molecular weight is 301 g/mol. The molecule has 0 spiro atoms. The summed E-state index contributed by atoms with van der Waals surface area (Å²) in [6.45, 7) is 0.721. The Bertz CT molecular complexity index is 666. The first-order valence-corrected chi connectivity index (χ1v) is 7.72. The van der Waals surface area contributed by atoms with Crippen molar-refractivity contribution in [1.29, 1.82) is 0 Å². The monoisotopic (exact) mass is 301 g/mol. The van der Waals surface area contributed by atoms with E-state index in [4.69, 9.17) is 5.11 Å². The second-order valence-corrected chi connectivity index (χ2v) is 6.04. The molecule has 21 heavy (non-hydrogen) atoms. The van der Waals surface area contributed by atoms with E-state index in [-0.39, 0.29) is 17.5 Å². The summed E-state index contributed by atoms with van der Waals surface area (Å²) >= 11 is 1.66. The second-order valence-electron chi connectivity index (χ2n) is 5.06. The Morgan fingerprint density at radius 2 is 2.00 bits per heavy atom. The van der Waals surface area contributed by atoms with Crippen LogP contribution in [0.15, 0.2) is 41.8 Å². The molecule has 0 aliphatic carbocycles. The lowest BCUT2D eigenvalue weighted by Crippen LogP contribution is -2.30. The lowest BCUT2D eigenvalue weighted by atomic mass is 10.1. The molecule has 108 valence electrons. The van der Waals surface area contributed by atoms with E-state index >= 15 is 0 Å². The Kier molecular flexibility index (Phi) is 3.75. The minimum atomic E-state index is -1.01. The van der Waals surface area contributed by atoms with Crippen LogP contribution in [0.25, 0.3) is 0 Å². The fourth-order valence-corrected chi connectivity index (χ4v) is 3.61. The second kappa shape index (κ2) is 5.69. The Morgan fingerprint density at radius 3 is 2.71 bits per heavy atom. The third kappa shape index (κ3) is 2.69. The quantitative estimate of drug-likeness (QED) is 0.945. The van der Waals surface area contributed by atoms with Gasteiger partial charge >= 0.3 is 5.97 Å². The van der Waals surface area contributed by atoms with E-state index in [0.29, 0.717) is 5.56 Å². The Balaban J connectivity index is 1.87. The first-order valence-electron chi connectivity index (χ1n) is 6.84. The van der Waals surface area contributed by atoms with Gasteiger partial charge in [-0.1, -0.05) is 12.1 Å². The van der Waals surface area contributed by atoms with Gasteiger partial charge in [-0.3, -0.25) is 4.79 Å². The van der Waals surface area contributed by atoms with Crippen LogP contribution in [0.1, 0.15) is 44.5 Å². The van der Waals surface area contributed by atoms with Crippen LogP contribution in [0.4, 0.5) is 0 Å². The number of aromatic carboxylic acids is 1.